The molecule has 0 spiro atoms. The Morgan fingerprint density at radius 1 is 1.06 bits per heavy atom. The molecule has 1 unspecified atom stereocenters. The third-order valence-electron chi connectivity index (χ3n) is 3.14. The Kier molecular flexibility index (Phi) is 3.65. The summed E-state index contributed by atoms with van der Waals surface area (Å²) < 4.78 is 0. The molecule has 0 saturated heterocycles. The van der Waals surface area contributed by atoms with Crippen molar-refractivity contribution in [2.24, 2.45) is 11.1 Å². The highest BCUT2D eigenvalue weighted by Crippen LogP contribution is 2.34. The summed E-state index contributed by atoms with van der Waals surface area (Å²) in [4.78, 5) is 0. The zero-order chi connectivity index (χ0) is 13.3. The highest BCUT2D eigenvalue weighted by Gasteiger charge is 2.18. The Balaban J connectivity index is 2.49. The molecule has 0 radical (unpaired) electrons. The third-order valence-corrected chi connectivity index (χ3v) is 3.47. The van der Waals surface area contributed by atoms with Gasteiger partial charge in [0.2, 0.25) is 0 Å². The zero-order valence-electron chi connectivity index (χ0n) is 11.2. The molecule has 0 aliphatic heterocycles. The summed E-state index contributed by atoms with van der Waals surface area (Å²) in [6.45, 7) is 6.64. The fraction of sp³-hybridized carbons (Fsp3) is 0.375. The van der Waals surface area contributed by atoms with Crippen LogP contribution in [0.25, 0.3) is 10.8 Å². The number of nitrogens with two attached hydrogens (primary N) is 1. The van der Waals surface area contributed by atoms with Crippen molar-refractivity contribution in [2.45, 2.75) is 33.2 Å². The molecule has 0 aliphatic carbocycles. The van der Waals surface area contributed by atoms with Gasteiger partial charge in [0.15, 0.2) is 0 Å². The van der Waals surface area contributed by atoms with Crippen molar-refractivity contribution in [3.05, 3.63) is 47.0 Å². The molecule has 2 rings (SSSR count). The van der Waals surface area contributed by atoms with E-state index in [4.69, 9.17) is 17.3 Å². The average molecular weight is 262 g/mol. The second kappa shape index (κ2) is 4.91. The van der Waals surface area contributed by atoms with Gasteiger partial charge in [0.05, 0.1) is 0 Å². The van der Waals surface area contributed by atoms with Gasteiger partial charge in [-0.05, 0) is 28.9 Å². The number of rotatable bonds is 2. The maximum absolute atomic E-state index is 6.35. The van der Waals surface area contributed by atoms with Gasteiger partial charge in [0, 0.05) is 16.5 Å². The fourth-order valence-electron chi connectivity index (χ4n) is 2.38. The normalized spacial score (nSPS) is 13.8. The number of fused-ring (bicyclic) bond motifs is 1. The summed E-state index contributed by atoms with van der Waals surface area (Å²) in [5.41, 5.74) is 7.76. The van der Waals surface area contributed by atoms with Crippen molar-refractivity contribution < 1.29 is 0 Å². The van der Waals surface area contributed by atoms with E-state index < -0.39 is 0 Å². The van der Waals surface area contributed by atoms with E-state index in [1.165, 1.54) is 10.9 Å². The molecule has 0 heterocycles. The number of halogens is 1. The van der Waals surface area contributed by atoms with E-state index in [9.17, 15) is 0 Å². The van der Waals surface area contributed by atoms with Gasteiger partial charge < -0.3 is 5.73 Å². The number of hydrogen-bond acceptors (Lipinski definition) is 1. The van der Waals surface area contributed by atoms with Crippen molar-refractivity contribution in [3.8, 4) is 0 Å². The lowest BCUT2D eigenvalue weighted by Crippen LogP contribution is -2.19. The van der Waals surface area contributed by atoms with Gasteiger partial charge in [-0.2, -0.15) is 0 Å². The molecule has 0 aromatic heterocycles. The van der Waals surface area contributed by atoms with E-state index in [2.05, 4.69) is 32.9 Å². The Bertz CT molecular complexity index is 555. The van der Waals surface area contributed by atoms with Crippen LogP contribution in [0.3, 0.4) is 0 Å². The molecule has 0 bridgehead atoms. The second-order valence-electron chi connectivity index (χ2n) is 6.05. The van der Waals surface area contributed by atoms with Crippen molar-refractivity contribution in [1.29, 1.82) is 0 Å². The molecule has 0 amide bonds. The smallest absolute Gasteiger partial charge is 0.0484 e. The Labute approximate surface area is 114 Å². The summed E-state index contributed by atoms with van der Waals surface area (Å²) in [5, 5.41) is 3.04. The van der Waals surface area contributed by atoms with Gasteiger partial charge in [-0.1, -0.05) is 62.7 Å². The van der Waals surface area contributed by atoms with E-state index in [1.807, 2.05) is 24.3 Å². The van der Waals surface area contributed by atoms with Crippen molar-refractivity contribution in [1.82, 2.24) is 0 Å². The van der Waals surface area contributed by atoms with Crippen molar-refractivity contribution in [3.63, 3.8) is 0 Å². The number of benzene rings is 2. The lowest BCUT2D eigenvalue weighted by Gasteiger charge is -2.24. The quantitative estimate of drug-likeness (QED) is 0.815. The average Bonchev–Trinajstić information content (AvgIpc) is 2.27. The Morgan fingerprint density at radius 3 is 2.28 bits per heavy atom. The molecule has 2 N–H and O–H groups in total. The largest absolute Gasteiger partial charge is 0.324 e. The van der Waals surface area contributed by atoms with Gasteiger partial charge >= 0.3 is 0 Å². The molecule has 0 saturated carbocycles. The van der Waals surface area contributed by atoms with Crippen LogP contribution in [0.5, 0.6) is 0 Å². The summed E-state index contributed by atoms with van der Waals surface area (Å²) in [7, 11) is 0. The first-order valence-electron chi connectivity index (χ1n) is 6.31. The van der Waals surface area contributed by atoms with Crippen LogP contribution in [0.15, 0.2) is 36.4 Å². The van der Waals surface area contributed by atoms with E-state index >= 15 is 0 Å². The molecular weight excluding hydrogens is 242 g/mol. The lowest BCUT2D eigenvalue weighted by molar-refractivity contribution is 0.343. The first-order valence-corrected chi connectivity index (χ1v) is 6.69. The predicted molar refractivity (Wildman–Crippen MR) is 80.0 cm³/mol. The lowest BCUT2D eigenvalue weighted by atomic mass is 9.84. The van der Waals surface area contributed by atoms with Crippen LogP contribution in [0.2, 0.25) is 5.02 Å². The molecule has 1 atom stereocenters. The Hall–Kier alpha value is -1.05. The van der Waals surface area contributed by atoms with Crippen LogP contribution >= 0.6 is 11.6 Å². The summed E-state index contributed by atoms with van der Waals surface area (Å²) >= 11 is 6.23. The second-order valence-corrected chi connectivity index (χ2v) is 6.46. The van der Waals surface area contributed by atoms with Gasteiger partial charge in [-0.15, -0.1) is 0 Å². The molecule has 2 heteroatoms. The van der Waals surface area contributed by atoms with Crippen LogP contribution in [0, 0.1) is 5.41 Å². The van der Waals surface area contributed by atoms with Crippen molar-refractivity contribution in [2.75, 3.05) is 0 Å². The minimum Gasteiger partial charge on any atom is -0.324 e. The highest BCUT2D eigenvalue weighted by atomic mass is 35.5. The van der Waals surface area contributed by atoms with Crippen molar-refractivity contribution >= 4 is 22.4 Å². The zero-order valence-corrected chi connectivity index (χ0v) is 12.0. The molecular formula is C16H20ClN. The summed E-state index contributed by atoms with van der Waals surface area (Å²) in [6, 6.07) is 12.2. The maximum atomic E-state index is 6.35. The third kappa shape index (κ3) is 2.85. The molecule has 2 aromatic rings. The van der Waals surface area contributed by atoms with E-state index in [0.29, 0.717) is 0 Å². The first kappa shape index (κ1) is 13.4. The minimum atomic E-state index is 0.0483. The predicted octanol–water partition coefficient (Wildman–Crippen LogP) is 4.93. The van der Waals surface area contributed by atoms with Crippen LogP contribution in [-0.2, 0) is 0 Å². The molecule has 2 aromatic carbocycles. The van der Waals surface area contributed by atoms with Crippen LogP contribution in [0.1, 0.15) is 38.8 Å². The molecule has 0 aliphatic rings. The van der Waals surface area contributed by atoms with Gasteiger partial charge in [0.25, 0.3) is 0 Å². The van der Waals surface area contributed by atoms with Gasteiger partial charge in [-0.3, -0.25) is 0 Å². The monoisotopic (exact) mass is 261 g/mol. The van der Waals surface area contributed by atoms with Gasteiger partial charge in [-0.25, -0.2) is 0 Å². The standard InChI is InChI=1S/C16H20ClN/c1-16(2,3)10-15(18)13-8-9-14(17)12-7-5-4-6-11(12)13/h4-9,15H,10,18H2,1-3H3. The fourth-order valence-corrected chi connectivity index (χ4v) is 2.61. The van der Waals surface area contributed by atoms with Crippen LogP contribution in [-0.4, -0.2) is 0 Å². The van der Waals surface area contributed by atoms with E-state index in [0.717, 1.165) is 16.8 Å². The first-order chi connectivity index (χ1) is 8.38. The van der Waals surface area contributed by atoms with Gasteiger partial charge in [0.1, 0.15) is 0 Å². The van der Waals surface area contributed by atoms with E-state index in [1.54, 1.807) is 0 Å². The molecule has 18 heavy (non-hydrogen) atoms. The van der Waals surface area contributed by atoms with Crippen LogP contribution < -0.4 is 5.73 Å². The molecule has 1 nitrogen and oxygen atoms in total. The number of hydrogen-bond donors (Lipinski definition) is 1. The molecule has 0 fully saturated rings. The highest BCUT2D eigenvalue weighted by molar-refractivity contribution is 6.35. The molecule has 96 valence electrons. The maximum Gasteiger partial charge on any atom is 0.0484 e. The topological polar surface area (TPSA) is 26.0 Å². The summed E-state index contributed by atoms with van der Waals surface area (Å²) in [6.07, 6.45) is 0.957. The Morgan fingerprint density at radius 2 is 1.67 bits per heavy atom. The minimum absolute atomic E-state index is 0.0483. The van der Waals surface area contributed by atoms with E-state index in [-0.39, 0.29) is 11.5 Å². The SMILES string of the molecule is CC(C)(C)CC(N)c1ccc(Cl)c2ccccc12. The summed E-state index contributed by atoms with van der Waals surface area (Å²) in [5.74, 6) is 0. The van der Waals surface area contributed by atoms with Crippen LogP contribution in [0.4, 0.5) is 0 Å².